The van der Waals surface area contributed by atoms with Crippen molar-refractivity contribution in [1.29, 1.82) is 0 Å². The average Bonchev–Trinajstić information content (AvgIpc) is 2.81. The van der Waals surface area contributed by atoms with E-state index in [4.69, 9.17) is 5.73 Å². The Morgan fingerprint density at radius 2 is 2.11 bits per heavy atom. The highest BCUT2D eigenvalue weighted by atomic mass is 16.3. The van der Waals surface area contributed by atoms with Crippen molar-refractivity contribution >= 4 is 5.52 Å². The van der Waals surface area contributed by atoms with Gasteiger partial charge in [-0.2, -0.15) is 0 Å². The Labute approximate surface area is 104 Å². The fourth-order valence-electron chi connectivity index (χ4n) is 2.03. The van der Waals surface area contributed by atoms with Crippen molar-refractivity contribution < 1.29 is 5.11 Å². The van der Waals surface area contributed by atoms with Crippen LogP contribution in [0.3, 0.4) is 0 Å². The molecule has 3 rings (SSSR count). The number of imidazole rings is 1. The fraction of sp³-hybridized carbons (Fsp3) is 0.0714. The predicted molar refractivity (Wildman–Crippen MR) is 70.2 cm³/mol. The monoisotopic (exact) mass is 239 g/mol. The van der Waals surface area contributed by atoms with Crippen LogP contribution in [-0.2, 0) is 6.54 Å². The number of benzene rings is 1. The van der Waals surface area contributed by atoms with Crippen molar-refractivity contribution in [3.8, 4) is 17.1 Å². The lowest BCUT2D eigenvalue weighted by molar-refractivity contribution is 0.475. The topological polar surface area (TPSA) is 63.5 Å². The van der Waals surface area contributed by atoms with Crippen LogP contribution >= 0.6 is 0 Å². The molecule has 0 aliphatic heterocycles. The van der Waals surface area contributed by atoms with Crippen LogP contribution in [0.2, 0.25) is 0 Å². The first-order chi connectivity index (χ1) is 8.78. The molecule has 0 aliphatic rings. The lowest BCUT2D eigenvalue weighted by atomic mass is 10.2. The second-order valence-electron chi connectivity index (χ2n) is 4.17. The number of hydrogen-bond acceptors (Lipinski definition) is 3. The van der Waals surface area contributed by atoms with E-state index < -0.39 is 0 Å². The Morgan fingerprint density at radius 1 is 1.22 bits per heavy atom. The molecule has 90 valence electrons. The second kappa shape index (κ2) is 4.16. The van der Waals surface area contributed by atoms with Gasteiger partial charge in [-0.05, 0) is 29.8 Å². The molecule has 2 aromatic heterocycles. The zero-order chi connectivity index (χ0) is 12.5. The number of rotatable bonds is 2. The quantitative estimate of drug-likeness (QED) is 0.720. The summed E-state index contributed by atoms with van der Waals surface area (Å²) in [7, 11) is 0. The molecule has 0 fully saturated rings. The lowest BCUT2D eigenvalue weighted by Crippen LogP contribution is -1.97. The summed E-state index contributed by atoms with van der Waals surface area (Å²) >= 11 is 0. The molecule has 0 aliphatic carbocycles. The molecule has 2 heterocycles. The number of phenols is 1. The van der Waals surface area contributed by atoms with Crippen molar-refractivity contribution in [2.75, 3.05) is 0 Å². The number of aromatic nitrogens is 2. The number of phenolic OH excluding ortho intramolecular Hbond substituents is 1. The Bertz CT molecular complexity index is 703. The molecular weight excluding hydrogens is 226 g/mol. The van der Waals surface area contributed by atoms with Gasteiger partial charge in [0.15, 0.2) is 0 Å². The fourth-order valence-corrected chi connectivity index (χ4v) is 2.03. The summed E-state index contributed by atoms with van der Waals surface area (Å²) in [5.41, 5.74) is 8.57. The molecule has 3 N–H and O–H groups in total. The third-order valence-corrected chi connectivity index (χ3v) is 2.94. The molecule has 0 amide bonds. The highest BCUT2D eigenvalue weighted by Gasteiger charge is 2.07. The SMILES string of the molecule is NCc1ccn2c(-c3cccc(O)c3)ncc2c1. The van der Waals surface area contributed by atoms with E-state index in [9.17, 15) is 5.11 Å². The van der Waals surface area contributed by atoms with Crippen LogP contribution in [0.5, 0.6) is 5.75 Å². The van der Waals surface area contributed by atoms with Crippen LogP contribution in [0, 0.1) is 0 Å². The first kappa shape index (κ1) is 10.8. The molecule has 0 radical (unpaired) electrons. The Balaban J connectivity index is 2.18. The molecule has 0 saturated carbocycles. The predicted octanol–water partition coefficient (Wildman–Crippen LogP) is 2.17. The van der Waals surface area contributed by atoms with E-state index in [1.165, 1.54) is 0 Å². The van der Waals surface area contributed by atoms with Crippen LogP contribution < -0.4 is 5.73 Å². The van der Waals surface area contributed by atoms with E-state index in [2.05, 4.69) is 4.98 Å². The summed E-state index contributed by atoms with van der Waals surface area (Å²) in [5, 5.41) is 9.51. The van der Waals surface area contributed by atoms with Crippen molar-refractivity contribution in [3.63, 3.8) is 0 Å². The Morgan fingerprint density at radius 3 is 2.89 bits per heavy atom. The summed E-state index contributed by atoms with van der Waals surface area (Å²) in [4.78, 5) is 4.39. The maximum atomic E-state index is 9.51. The molecule has 0 spiro atoms. The van der Waals surface area contributed by atoms with Crippen molar-refractivity contribution in [2.24, 2.45) is 5.73 Å². The largest absolute Gasteiger partial charge is 0.508 e. The maximum absolute atomic E-state index is 9.51. The average molecular weight is 239 g/mol. The minimum absolute atomic E-state index is 0.239. The van der Waals surface area contributed by atoms with E-state index in [1.807, 2.05) is 28.8 Å². The van der Waals surface area contributed by atoms with E-state index in [-0.39, 0.29) is 5.75 Å². The van der Waals surface area contributed by atoms with Crippen LogP contribution in [0.25, 0.3) is 16.9 Å². The van der Waals surface area contributed by atoms with Gasteiger partial charge in [0.05, 0.1) is 11.7 Å². The number of nitrogens with two attached hydrogens (primary N) is 1. The van der Waals surface area contributed by atoms with Gasteiger partial charge in [-0.1, -0.05) is 12.1 Å². The van der Waals surface area contributed by atoms with Gasteiger partial charge in [-0.25, -0.2) is 4.98 Å². The van der Waals surface area contributed by atoms with Gasteiger partial charge in [-0.3, -0.25) is 4.40 Å². The third-order valence-electron chi connectivity index (χ3n) is 2.94. The van der Waals surface area contributed by atoms with Gasteiger partial charge in [0.25, 0.3) is 0 Å². The highest BCUT2D eigenvalue weighted by Crippen LogP contribution is 2.23. The number of aromatic hydroxyl groups is 1. The molecule has 0 unspecified atom stereocenters. The Kier molecular flexibility index (Phi) is 2.50. The third kappa shape index (κ3) is 1.72. The maximum Gasteiger partial charge on any atom is 0.144 e. The van der Waals surface area contributed by atoms with Gasteiger partial charge in [0.2, 0.25) is 0 Å². The molecule has 0 atom stereocenters. The molecular formula is C14H13N3O. The molecule has 0 saturated heterocycles. The van der Waals surface area contributed by atoms with Crippen LogP contribution in [-0.4, -0.2) is 14.5 Å². The smallest absolute Gasteiger partial charge is 0.144 e. The summed E-state index contributed by atoms with van der Waals surface area (Å²) < 4.78 is 1.98. The minimum atomic E-state index is 0.239. The summed E-state index contributed by atoms with van der Waals surface area (Å²) in [5.74, 6) is 1.05. The van der Waals surface area contributed by atoms with Gasteiger partial charge in [-0.15, -0.1) is 0 Å². The van der Waals surface area contributed by atoms with Crippen molar-refractivity contribution in [3.05, 3.63) is 54.4 Å². The van der Waals surface area contributed by atoms with E-state index in [0.717, 1.165) is 22.5 Å². The van der Waals surface area contributed by atoms with Gasteiger partial charge in [0, 0.05) is 18.3 Å². The Hall–Kier alpha value is -2.33. The first-order valence-electron chi connectivity index (χ1n) is 5.73. The normalized spacial score (nSPS) is 10.9. The van der Waals surface area contributed by atoms with Gasteiger partial charge >= 0.3 is 0 Å². The minimum Gasteiger partial charge on any atom is -0.508 e. The van der Waals surface area contributed by atoms with E-state index >= 15 is 0 Å². The van der Waals surface area contributed by atoms with Gasteiger partial charge < -0.3 is 10.8 Å². The zero-order valence-electron chi connectivity index (χ0n) is 9.74. The number of hydrogen-bond donors (Lipinski definition) is 2. The van der Waals surface area contributed by atoms with Gasteiger partial charge in [0.1, 0.15) is 11.6 Å². The highest BCUT2D eigenvalue weighted by molar-refractivity contribution is 5.64. The standard InChI is InChI=1S/C14H13N3O/c15-8-10-4-5-17-12(6-10)9-16-14(17)11-2-1-3-13(18)7-11/h1-7,9,18H,8,15H2. The summed E-state index contributed by atoms with van der Waals surface area (Å²) in [6.45, 7) is 0.517. The second-order valence-corrected chi connectivity index (χ2v) is 4.17. The zero-order valence-corrected chi connectivity index (χ0v) is 9.74. The van der Waals surface area contributed by atoms with Crippen molar-refractivity contribution in [1.82, 2.24) is 9.38 Å². The molecule has 1 aromatic carbocycles. The van der Waals surface area contributed by atoms with Crippen LogP contribution in [0.15, 0.2) is 48.8 Å². The molecule has 18 heavy (non-hydrogen) atoms. The van der Waals surface area contributed by atoms with E-state index in [0.29, 0.717) is 6.54 Å². The molecule has 0 bridgehead atoms. The van der Waals surface area contributed by atoms with Crippen LogP contribution in [0.1, 0.15) is 5.56 Å². The van der Waals surface area contributed by atoms with E-state index in [1.54, 1.807) is 24.4 Å². The number of fused-ring (bicyclic) bond motifs is 1. The van der Waals surface area contributed by atoms with Crippen molar-refractivity contribution in [2.45, 2.75) is 6.54 Å². The molecule has 3 aromatic rings. The summed E-state index contributed by atoms with van der Waals surface area (Å²) in [6.07, 6.45) is 3.75. The first-order valence-corrected chi connectivity index (χ1v) is 5.73. The van der Waals surface area contributed by atoms with Crippen LogP contribution in [0.4, 0.5) is 0 Å². The number of pyridine rings is 1. The molecule has 4 nitrogen and oxygen atoms in total. The number of nitrogens with zero attached hydrogens (tertiary/aromatic N) is 2. The molecule has 4 heteroatoms. The lowest BCUT2D eigenvalue weighted by Gasteiger charge is -2.03. The summed E-state index contributed by atoms with van der Waals surface area (Å²) in [6, 6.07) is 11.1.